The molecule has 0 aromatic heterocycles. The van der Waals surface area contributed by atoms with E-state index in [-0.39, 0.29) is 0 Å². The normalized spacial score (nSPS) is 19.1. The van der Waals surface area contributed by atoms with Crippen molar-refractivity contribution in [3.05, 3.63) is 29.3 Å². The molecule has 4 nitrogen and oxygen atoms in total. The molecule has 4 heteroatoms. The zero-order valence-corrected chi connectivity index (χ0v) is 11.4. The Labute approximate surface area is 114 Å². The minimum atomic E-state index is -0.393. The van der Waals surface area contributed by atoms with Crippen molar-refractivity contribution in [2.24, 2.45) is 5.73 Å². The van der Waals surface area contributed by atoms with E-state index >= 15 is 0 Å². The molecule has 0 saturated carbocycles. The first-order chi connectivity index (χ1) is 9.16. The third-order valence-corrected chi connectivity index (χ3v) is 3.61. The summed E-state index contributed by atoms with van der Waals surface area (Å²) in [6.45, 7) is 3.69. The predicted molar refractivity (Wildman–Crippen MR) is 75.5 cm³/mol. The van der Waals surface area contributed by atoms with Gasteiger partial charge in [-0.3, -0.25) is 4.79 Å². The molecule has 1 aliphatic rings. The lowest BCUT2D eigenvalue weighted by Gasteiger charge is -2.23. The molecule has 1 aromatic carbocycles. The van der Waals surface area contributed by atoms with Gasteiger partial charge in [0.05, 0.1) is 6.61 Å². The Hall–Kier alpha value is -1.55. The molecule has 19 heavy (non-hydrogen) atoms. The van der Waals surface area contributed by atoms with Gasteiger partial charge in [-0.05, 0) is 56.5 Å². The first kappa shape index (κ1) is 13.9. The van der Waals surface area contributed by atoms with Crippen molar-refractivity contribution >= 4 is 5.91 Å². The summed E-state index contributed by atoms with van der Waals surface area (Å²) >= 11 is 0. The second kappa shape index (κ2) is 6.57. The van der Waals surface area contributed by atoms with E-state index in [9.17, 15) is 4.79 Å². The minimum Gasteiger partial charge on any atom is -0.494 e. The number of ether oxygens (including phenoxy) is 1. The average Bonchev–Trinajstić information content (AvgIpc) is 2.39. The molecule has 1 aromatic rings. The summed E-state index contributed by atoms with van der Waals surface area (Å²) in [6, 6.07) is 5.99. The summed E-state index contributed by atoms with van der Waals surface area (Å²) in [5, 5.41) is 3.50. The van der Waals surface area contributed by atoms with Gasteiger partial charge in [0, 0.05) is 11.6 Å². The molecular weight excluding hydrogens is 240 g/mol. The SMILES string of the molecule is Cc1cc(OCCC2CCCCN2)ccc1C(N)=O. The van der Waals surface area contributed by atoms with E-state index in [1.54, 1.807) is 12.1 Å². The standard InChI is InChI=1S/C15H22N2O2/c1-11-10-13(5-6-14(11)15(16)18)19-9-7-12-4-2-3-8-17-12/h5-6,10,12,17H,2-4,7-9H2,1H3,(H2,16,18). The quantitative estimate of drug-likeness (QED) is 0.853. The molecule has 1 heterocycles. The summed E-state index contributed by atoms with van der Waals surface area (Å²) in [5.41, 5.74) is 6.69. The molecule has 3 N–H and O–H groups in total. The van der Waals surface area contributed by atoms with Gasteiger partial charge in [-0.25, -0.2) is 0 Å². The van der Waals surface area contributed by atoms with E-state index in [4.69, 9.17) is 10.5 Å². The molecule has 1 saturated heterocycles. The van der Waals surface area contributed by atoms with E-state index in [0.717, 1.165) is 24.3 Å². The van der Waals surface area contributed by atoms with Crippen LogP contribution in [0.15, 0.2) is 18.2 Å². The molecule has 1 aliphatic heterocycles. The Morgan fingerprint density at radius 2 is 2.32 bits per heavy atom. The predicted octanol–water partition coefficient (Wildman–Crippen LogP) is 2.00. The van der Waals surface area contributed by atoms with Crippen LogP contribution in [-0.2, 0) is 0 Å². The van der Waals surface area contributed by atoms with E-state index in [2.05, 4.69) is 5.32 Å². The number of carbonyl (C=O) groups excluding carboxylic acids is 1. The summed E-state index contributed by atoms with van der Waals surface area (Å²) in [6.07, 6.45) is 4.86. The monoisotopic (exact) mass is 262 g/mol. The van der Waals surface area contributed by atoms with E-state index in [1.165, 1.54) is 19.3 Å². The summed E-state index contributed by atoms with van der Waals surface area (Å²) in [7, 11) is 0. The number of nitrogens with two attached hydrogens (primary N) is 1. The third kappa shape index (κ3) is 3.96. The van der Waals surface area contributed by atoms with Crippen molar-refractivity contribution in [2.75, 3.05) is 13.2 Å². The fraction of sp³-hybridized carbons (Fsp3) is 0.533. The van der Waals surface area contributed by atoms with Gasteiger partial charge in [0.2, 0.25) is 5.91 Å². The number of primary amides is 1. The molecule has 2 rings (SSSR count). The Kier molecular flexibility index (Phi) is 4.80. The zero-order chi connectivity index (χ0) is 13.7. The van der Waals surface area contributed by atoms with E-state index in [0.29, 0.717) is 18.2 Å². The number of benzene rings is 1. The van der Waals surface area contributed by atoms with E-state index < -0.39 is 5.91 Å². The number of hydrogen-bond acceptors (Lipinski definition) is 3. The molecule has 0 radical (unpaired) electrons. The molecule has 0 bridgehead atoms. The Morgan fingerprint density at radius 1 is 1.47 bits per heavy atom. The van der Waals surface area contributed by atoms with Crippen LogP contribution >= 0.6 is 0 Å². The van der Waals surface area contributed by atoms with Crippen LogP contribution in [0.1, 0.15) is 41.6 Å². The molecule has 0 spiro atoms. The Bertz CT molecular complexity index is 440. The van der Waals surface area contributed by atoms with Gasteiger partial charge in [-0.15, -0.1) is 0 Å². The molecule has 1 amide bonds. The second-order valence-electron chi connectivity index (χ2n) is 5.12. The first-order valence-electron chi connectivity index (χ1n) is 6.93. The van der Waals surface area contributed by atoms with Gasteiger partial charge in [0.15, 0.2) is 0 Å². The smallest absolute Gasteiger partial charge is 0.248 e. The van der Waals surface area contributed by atoms with Crippen LogP contribution in [-0.4, -0.2) is 25.1 Å². The summed E-state index contributed by atoms with van der Waals surface area (Å²) < 4.78 is 5.73. The van der Waals surface area contributed by atoms with Gasteiger partial charge < -0.3 is 15.8 Å². The lowest BCUT2D eigenvalue weighted by atomic mass is 10.0. The lowest BCUT2D eigenvalue weighted by molar-refractivity contribution is 0.0999. The zero-order valence-electron chi connectivity index (χ0n) is 11.4. The number of aryl methyl sites for hydroxylation is 1. The largest absolute Gasteiger partial charge is 0.494 e. The second-order valence-corrected chi connectivity index (χ2v) is 5.12. The lowest BCUT2D eigenvalue weighted by Crippen LogP contribution is -2.35. The van der Waals surface area contributed by atoms with Crippen molar-refractivity contribution in [1.29, 1.82) is 0 Å². The van der Waals surface area contributed by atoms with Crippen LogP contribution in [0.2, 0.25) is 0 Å². The van der Waals surface area contributed by atoms with Crippen molar-refractivity contribution in [3.63, 3.8) is 0 Å². The number of amides is 1. The Balaban J connectivity index is 1.82. The van der Waals surface area contributed by atoms with Crippen molar-refractivity contribution in [1.82, 2.24) is 5.32 Å². The number of hydrogen-bond donors (Lipinski definition) is 2. The molecular formula is C15H22N2O2. The average molecular weight is 262 g/mol. The summed E-state index contributed by atoms with van der Waals surface area (Å²) in [5.74, 6) is 0.411. The van der Waals surface area contributed by atoms with Gasteiger partial charge in [0.25, 0.3) is 0 Å². The van der Waals surface area contributed by atoms with Crippen LogP contribution in [0, 0.1) is 6.92 Å². The highest BCUT2D eigenvalue weighted by molar-refractivity contribution is 5.94. The molecule has 1 atom stereocenters. The number of carbonyl (C=O) groups is 1. The van der Waals surface area contributed by atoms with Gasteiger partial charge >= 0.3 is 0 Å². The van der Waals surface area contributed by atoms with Crippen LogP contribution < -0.4 is 15.8 Å². The van der Waals surface area contributed by atoms with Crippen LogP contribution in [0.3, 0.4) is 0 Å². The summed E-state index contributed by atoms with van der Waals surface area (Å²) in [4.78, 5) is 11.1. The Morgan fingerprint density at radius 3 is 2.95 bits per heavy atom. The maximum absolute atomic E-state index is 11.1. The highest BCUT2D eigenvalue weighted by Gasteiger charge is 2.12. The molecule has 1 unspecified atom stereocenters. The topological polar surface area (TPSA) is 64.3 Å². The molecule has 0 aliphatic carbocycles. The highest BCUT2D eigenvalue weighted by Crippen LogP contribution is 2.18. The van der Waals surface area contributed by atoms with E-state index in [1.807, 2.05) is 13.0 Å². The van der Waals surface area contributed by atoms with Crippen LogP contribution in [0.25, 0.3) is 0 Å². The molecule has 1 fully saturated rings. The maximum atomic E-state index is 11.1. The van der Waals surface area contributed by atoms with Gasteiger partial charge in [0.1, 0.15) is 5.75 Å². The number of rotatable bonds is 5. The fourth-order valence-electron chi connectivity index (χ4n) is 2.49. The van der Waals surface area contributed by atoms with Crippen LogP contribution in [0.5, 0.6) is 5.75 Å². The molecule has 104 valence electrons. The minimum absolute atomic E-state index is 0.393. The van der Waals surface area contributed by atoms with Gasteiger partial charge in [-0.1, -0.05) is 6.42 Å². The van der Waals surface area contributed by atoms with Crippen LogP contribution in [0.4, 0.5) is 0 Å². The number of piperidine rings is 1. The third-order valence-electron chi connectivity index (χ3n) is 3.61. The van der Waals surface area contributed by atoms with Crippen molar-refractivity contribution in [3.8, 4) is 5.75 Å². The highest BCUT2D eigenvalue weighted by atomic mass is 16.5. The fourth-order valence-corrected chi connectivity index (χ4v) is 2.49. The number of nitrogens with one attached hydrogen (secondary N) is 1. The maximum Gasteiger partial charge on any atom is 0.248 e. The first-order valence-corrected chi connectivity index (χ1v) is 6.93. The van der Waals surface area contributed by atoms with Crippen molar-refractivity contribution < 1.29 is 9.53 Å². The van der Waals surface area contributed by atoms with Crippen molar-refractivity contribution in [2.45, 2.75) is 38.6 Å². The van der Waals surface area contributed by atoms with Gasteiger partial charge in [-0.2, -0.15) is 0 Å².